The Morgan fingerprint density at radius 3 is 1.83 bits per heavy atom. The SMILES string of the molecule is CC1=CC[C]([Ti+2][CH]2c3ccccc3-c3ccccc32)=C1C.[Cl-].[Cl-]. The van der Waals surface area contributed by atoms with Crippen molar-refractivity contribution in [3.05, 3.63) is 80.8 Å². The summed E-state index contributed by atoms with van der Waals surface area (Å²) in [4.78, 5) is 0. The van der Waals surface area contributed by atoms with E-state index in [0.29, 0.717) is 4.22 Å². The number of halogens is 2. The normalized spacial score (nSPS) is 15.1. The molecule has 0 saturated carbocycles. The van der Waals surface area contributed by atoms with E-state index in [1.807, 2.05) is 0 Å². The van der Waals surface area contributed by atoms with Gasteiger partial charge in [0.25, 0.3) is 0 Å². The second-order valence-corrected chi connectivity index (χ2v) is 8.24. The Morgan fingerprint density at radius 2 is 1.35 bits per heavy atom. The van der Waals surface area contributed by atoms with Crippen LogP contribution in [0, 0.1) is 0 Å². The third-order valence-electron chi connectivity index (χ3n) is 4.81. The van der Waals surface area contributed by atoms with Crippen LogP contribution in [0.2, 0.25) is 0 Å². The Morgan fingerprint density at radius 1 is 0.826 bits per heavy atom. The number of fused-ring (bicyclic) bond motifs is 3. The number of hydrogen-bond donors (Lipinski definition) is 0. The van der Waals surface area contributed by atoms with Gasteiger partial charge >= 0.3 is 136 Å². The maximum atomic E-state index is 2.40. The molecule has 2 aliphatic rings. The minimum absolute atomic E-state index is 0. The van der Waals surface area contributed by atoms with E-state index in [-0.39, 0.29) is 44.0 Å². The summed E-state index contributed by atoms with van der Waals surface area (Å²) < 4.78 is 2.39. The predicted molar refractivity (Wildman–Crippen MR) is 84.8 cm³/mol. The van der Waals surface area contributed by atoms with E-state index in [1.54, 1.807) is 20.6 Å². The Bertz CT molecular complexity index is 744. The smallest absolute Gasteiger partial charge is 1.00 e. The molecule has 2 aromatic rings. The molecule has 116 valence electrons. The van der Waals surface area contributed by atoms with Crippen LogP contribution < -0.4 is 24.8 Å². The first-order valence-corrected chi connectivity index (χ1v) is 9.25. The molecule has 0 heterocycles. The molecule has 0 amide bonds. The van der Waals surface area contributed by atoms with Gasteiger partial charge in [-0.2, -0.15) is 0 Å². The minimum Gasteiger partial charge on any atom is -1.00 e. The Labute approximate surface area is 159 Å². The monoisotopic (exact) mass is 376 g/mol. The van der Waals surface area contributed by atoms with E-state index in [9.17, 15) is 0 Å². The molecule has 0 aliphatic heterocycles. The summed E-state index contributed by atoms with van der Waals surface area (Å²) in [7, 11) is 0. The van der Waals surface area contributed by atoms with Crippen LogP contribution in [0.15, 0.2) is 69.6 Å². The third-order valence-corrected chi connectivity index (χ3v) is 7.68. The summed E-state index contributed by atoms with van der Waals surface area (Å²) >= 11 is -0.158. The molecule has 0 N–H and O–H groups in total. The number of rotatable bonds is 2. The fraction of sp³-hybridized carbons (Fsp3) is 0.200. The summed E-state index contributed by atoms with van der Waals surface area (Å²) in [6.07, 6.45) is 3.60. The third kappa shape index (κ3) is 3.11. The average molecular weight is 377 g/mol. The zero-order valence-electron chi connectivity index (χ0n) is 13.2. The molecule has 0 fully saturated rings. The van der Waals surface area contributed by atoms with Gasteiger partial charge in [0, 0.05) is 0 Å². The zero-order chi connectivity index (χ0) is 14.4. The maximum absolute atomic E-state index is 2.40. The van der Waals surface area contributed by atoms with Crippen LogP contribution in [0.1, 0.15) is 35.6 Å². The summed E-state index contributed by atoms with van der Waals surface area (Å²) in [5, 5.41) is 0. The maximum Gasteiger partial charge on any atom is -1.00 e. The topological polar surface area (TPSA) is 0 Å². The molecule has 23 heavy (non-hydrogen) atoms. The minimum atomic E-state index is -0.158. The molecule has 0 radical (unpaired) electrons. The Hall–Kier alpha value is -0.786. The molecule has 0 unspecified atom stereocenters. The molecule has 0 bridgehead atoms. The summed E-state index contributed by atoms with van der Waals surface area (Å²) in [5.74, 6) is 0. The van der Waals surface area contributed by atoms with Crippen LogP contribution in [-0.2, 0) is 19.2 Å². The van der Waals surface area contributed by atoms with Gasteiger partial charge in [0.15, 0.2) is 0 Å². The van der Waals surface area contributed by atoms with Crippen LogP contribution in [-0.4, -0.2) is 0 Å². The van der Waals surface area contributed by atoms with Crippen molar-refractivity contribution in [2.75, 3.05) is 0 Å². The van der Waals surface area contributed by atoms with Gasteiger partial charge in [0.1, 0.15) is 0 Å². The van der Waals surface area contributed by atoms with Crippen LogP contribution >= 0.6 is 0 Å². The predicted octanol–water partition coefficient (Wildman–Crippen LogP) is -0.529. The molecule has 3 heteroatoms. The fourth-order valence-electron chi connectivity index (χ4n) is 3.45. The molecule has 0 aromatic heterocycles. The largest absolute Gasteiger partial charge is 1.00 e. The van der Waals surface area contributed by atoms with Crippen LogP contribution in [0.3, 0.4) is 0 Å². The molecule has 0 saturated heterocycles. The molecule has 0 atom stereocenters. The fourth-order valence-corrected chi connectivity index (χ4v) is 6.26. The van der Waals surface area contributed by atoms with E-state index >= 15 is 0 Å². The molecule has 0 nitrogen and oxygen atoms in total. The number of allylic oxidation sites excluding steroid dienone is 4. The van der Waals surface area contributed by atoms with E-state index < -0.39 is 0 Å². The van der Waals surface area contributed by atoms with Gasteiger partial charge in [-0.1, -0.05) is 0 Å². The number of benzene rings is 2. The molecule has 0 spiro atoms. The standard InChI is InChI=1S/C13H9.C7H9.2ClH.Ti/c1-3-7-12-10(5-1)9-11-6-2-4-8-13(11)12;1-6-4-3-5-7(6)2;;;/h1-9H;4H,3H2,1-2H3;2*1H;/q;;;;+2/p-2. The van der Waals surface area contributed by atoms with Crippen molar-refractivity contribution in [3.63, 3.8) is 0 Å². The van der Waals surface area contributed by atoms with Crippen molar-refractivity contribution in [1.82, 2.24) is 0 Å². The van der Waals surface area contributed by atoms with E-state index in [0.717, 1.165) is 0 Å². The van der Waals surface area contributed by atoms with E-state index in [1.165, 1.54) is 23.1 Å². The van der Waals surface area contributed by atoms with Crippen molar-refractivity contribution in [2.45, 2.75) is 24.5 Å². The second kappa shape index (κ2) is 7.41. The summed E-state index contributed by atoms with van der Waals surface area (Å²) in [6.45, 7) is 4.56. The van der Waals surface area contributed by atoms with Crippen molar-refractivity contribution in [3.8, 4) is 11.1 Å². The molecule has 2 aliphatic carbocycles. The van der Waals surface area contributed by atoms with Gasteiger partial charge in [-0.15, -0.1) is 0 Å². The van der Waals surface area contributed by atoms with Gasteiger partial charge in [-0.25, -0.2) is 0 Å². The summed E-state index contributed by atoms with van der Waals surface area (Å²) in [5.41, 5.74) is 9.10. The first-order chi connectivity index (χ1) is 10.3. The van der Waals surface area contributed by atoms with Crippen LogP contribution in [0.4, 0.5) is 0 Å². The summed E-state index contributed by atoms with van der Waals surface area (Å²) in [6, 6.07) is 18.0. The van der Waals surface area contributed by atoms with Crippen molar-refractivity contribution in [2.24, 2.45) is 0 Å². The van der Waals surface area contributed by atoms with Crippen LogP contribution in [0.5, 0.6) is 0 Å². The quantitative estimate of drug-likeness (QED) is 0.618. The van der Waals surface area contributed by atoms with Gasteiger partial charge in [-0.05, 0) is 0 Å². The average Bonchev–Trinajstić information content (AvgIpc) is 3.01. The molecular formula is C20H18Cl2Ti. The molecule has 2 aromatic carbocycles. The first kappa shape index (κ1) is 18.6. The van der Waals surface area contributed by atoms with Crippen molar-refractivity contribution >= 4 is 0 Å². The second-order valence-electron chi connectivity index (χ2n) is 5.95. The Balaban J connectivity index is 0.000000960. The van der Waals surface area contributed by atoms with Gasteiger partial charge in [0.05, 0.1) is 0 Å². The Kier molecular flexibility index (Phi) is 5.97. The van der Waals surface area contributed by atoms with Crippen molar-refractivity contribution < 1.29 is 44.0 Å². The van der Waals surface area contributed by atoms with Crippen molar-refractivity contribution in [1.29, 1.82) is 0 Å². The first-order valence-electron chi connectivity index (χ1n) is 7.57. The molecule has 4 rings (SSSR count). The van der Waals surface area contributed by atoms with Gasteiger partial charge in [-0.3, -0.25) is 0 Å². The van der Waals surface area contributed by atoms with Gasteiger partial charge in [0.2, 0.25) is 0 Å². The van der Waals surface area contributed by atoms with E-state index in [2.05, 4.69) is 68.5 Å². The zero-order valence-corrected chi connectivity index (χ0v) is 16.3. The number of hydrogen-bond acceptors (Lipinski definition) is 0. The van der Waals surface area contributed by atoms with E-state index in [4.69, 9.17) is 0 Å². The van der Waals surface area contributed by atoms with Gasteiger partial charge < -0.3 is 24.8 Å². The van der Waals surface area contributed by atoms with Crippen LogP contribution in [0.25, 0.3) is 11.1 Å². The molecular weight excluding hydrogens is 359 g/mol.